The Morgan fingerprint density at radius 2 is 2.33 bits per heavy atom. The lowest BCUT2D eigenvalue weighted by Crippen LogP contribution is -2.28. The highest BCUT2D eigenvalue weighted by Crippen LogP contribution is 2.18. The van der Waals surface area contributed by atoms with Crippen molar-refractivity contribution in [1.82, 2.24) is 4.90 Å². The highest BCUT2D eigenvalue weighted by Gasteiger charge is 2.28. The topological polar surface area (TPSA) is 20.3 Å². The van der Waals surface area contributed by atoms with E-state index in [1.165, 1.54) is 12.8 Å². The summed E-state index contributed by atoms with van der Waals surface area (Å²) in [4.78, 5) is 13.4. The van der Waals surface area contributed by atoms with Crippen LogP contribution in [0.4, 0.5) is 0 Å². The van der Waals surface area contributed by atoms with Gasteiger partial charge in [-0.25, -0.2) is 0 Å². The van der Waals surface area contributed by atoms with Crippen molar-refractivity contribution in [1.29, 1.82) is 0 Å². The lowest BCUT2D eigenvalue weighted by atomic mass is 10.2. The predicted molar refractivity (Wildman–Crippen MR) is 53.4 cm³/mol. The maximum absolute atomic E-state index is 11.4. The van der Waals surface area contributed by atoms with Crippen LogP contribution in [0.1, 0.15) is 32.6 Å². The smallest absolute Gasteiger partial charge is 0.236 e. The van der Waals surface area contributed by atoms with Gasteiger partial charge in [-0.3, -0.25) is 4.79 Å². The summed E-state index contributed by atoms with van der Waals surface area (Å²) >= 11 is 3.36. The Labute approximate surface area is 82.4 Å². The molecule has 1 fully saturated rings. The summed E-state index contributed by atoms with van der Waals surface area (Å²) in [7, 11) is 0. The summed E-state index contributed by atoms with van der Waals surface area (Å²) in [6.45, 7) is 4.08. The van der Waals surface area contributed by atoms with Gasteiger partial charge in [0, 0.05) is 13.1 Å². The van der Waals surface area contributed by atoms with E-state index in [2.05, 4.69) is 22.9 Å². The number of amides is 1. The maximum Gasteiger partial charge on any atom is 0.236 e. The van der Waals surface area contributed by atoms with Gasteiger partial charge in [0.2, 0.25) is 5.91 Å². The lowest BCUT2D eigenvalue weighted by Gasteiger charge is -2.14. The number of hydrogen-bond donors (Lipinski definition) is 0. The van der Waals surface area contributed by atoms with Gasteiger partial charge in [0.1, 0.15) is 0 Å². The van der Waals surface area contributed by atoms with Crippen LogP contribution in [0.15, 0.2) is 0 Å². The third-order valence-electron chi connectivity index (χ3n) is 2.26. The Bertz CT molecular complexity index is 161. The van der Waals surface area contributed by atoms with E-state index in [0.717, 1.165) is 25.9 Å². The van der Waals surface area contributed by atoms with E-state index >= 15 is 0 Å². The summed E-state index contributed by atoms with van der Waals surface area (Å²) in [5.74, 6) is 0.283. The van der Waals surface area contributed by atoms with Gasteiger partial charge in [-0.1, -0.05) is 35.7 Å². The van der Waals surface area contributed by atoms with Gasteiger partial charge >= 0.3 is 0 Å². The quantitative estimate of drug-likeness (QED) is 0.539. The summed E-state index contributed by atoms with van der Waals surface area (Å²) in [5.41, 5.74) is 0. The van der Waals surface area contributed by atoms with Crippen LogP contribution in [0.5, 0.6) is 0 Å². The van der Waals surface area contributed by atoms with E-state index in [1.54, 1.807) is 0 Å². The van der Waals surface area contributed by atoms with Gasteiger partial charge in [-0.15, -0.1) is 0 Å². The summed E-state index contributed by atoms with van der Waals surface area (Å²) in [6.07, 6.45) is 4.59. The summed E-state index contributed by atoms with van der Waals surface area (Å²) in [6, 6.07) is 0. The van der Waals surface area contributed by atoms with Gasteiger partial charge in [0.05, 0.1) is 4.83 Å². The first-order valence-corrected chi connectivity index (χ1v) is 5.60. The van der Waals surface area contributed by atoms with E-state index < -0.39 is 0 Å². The van der Waals surface area contributed by atoms with E-state index in [-0.39, 0.29) is 10.7 Å². The molecule has 0 bridgehead atoms. The fourth-order valence-corrected chi connectivity index (χ4v) is 1.97. The fraction of sp³-hybridized carbons (Fsp3) is 0.889. The van der Waals surface area contributed by atoms with Crippen molar-refractivity contribution in [3.63, 3.8) is 0 Å². The second-order valence-electron chi connectivity index (χ2n) is 3.29. The molecule has 0 radical (unpaired) electrons. The Hall–Kier alpha value is -0.0500. The molecule has 2 nitrogen and oxygen atoms in total. The van der Waals surface area contributed by atoms with Crippen molar-refractivity contribution in [2.75, 3.05) is 13.1 Å². The van der Waals surface area contributed by atoms with Crippen LogP contribution in [0.25, 0.3) is 0 Å². The molecule has 1 aliphatic heterocycles. The number of nitrogens with zero attached hydrogens (tertiary/aromatic N) is 1. The average molecular weight is 234 g/mol. The van der Waals surface area contributed by atoms with Crippen molar-refractivity contribution in [2.45, 2.75) is 37.4 Å². The minimum Gasteiger partial charge on any atom is -0.342 e. The molecule has 1 aliphatic rings. The molecule has 1 amide bonds. The molecule has 1 rings (SSSR count). The average Bonchev–Trinajstić information content (AvgIpc) is 2.36. The molecule has 12 heavy (non-hydrogen) atoms. The molecule has 0 spiro atoms. The fourth-order valence-electron chi connectivity index (χ4n) is 1.48. The van der Waals surface area contributed by atoms with Gasteiger partial charge in [-0.05, 0) is 12.8 Å². The SMILES string of the molecule is CCCCCN1CCC(Br)C1=O. The van der Waals surface area contributed by atoms with Crippen LogP contribution in [0.2, 0.25) is 0 Å². The number of alkyl halides is 1. The van der Waals surface area contributed by atoms with Gasteiger partial charge in [-0.2, -0.15) is 0 Å². The molecule has 3 heteroatoms. The molecule has 0 aliphatic carbocycles. The van der Waals surface area contributed by atoms with E-state index in [4.69, 9.17) is 0 Å². The maximum atomic E-state index is 11.4. The molecule has 1 saturated heterocycles. The first-order valence-electron chi connectivity index (χ1n) is 4.68. The zero-order chi connectivity index (χ0) is 8.97. The van der Waals surface area contributed by atoms with Crippen molar-refractivity contribution in [3.8, 4) is 0 Å². The predicted octanol–water partition coefficient (Wildman–Crippen LogP) is 2.17. The van der Waals surface area contributed by atoms with E-state index in [9.17, 15) is 4.79 Å². The Balaban J connectivity index is 2.20. The molecule has 1 atom stereocenters. The number of carbonyl (C=O) groups excluding carboxylic acids is 1. The molecular weight excluding hydrogens is 218 g/mol. The molecule has 0 saturated carbocycles. The van der Waals surface area contributed by atoms with Crippen molar-refractivity contribution < 1.29 is 4.79 Å². The largest absolute Gasteiger partial charge is 0.342 e. The number of likely N-dealkylation sites (tertiary alicyclic amines) is 1. The van der Waals surface area contributed by atoms with Crippen molar-refractivity contribution in [3.05, 3.63) is 0 Å². The van der Waals surface area contributed by atoms with Crippen LogP contribution in [-0.2, 0) is 4.79 Å². The Kier molecular flexibility index (Phi) is 4.06. The minimum atomic E-state index is 0.0964. The summed E-state index contributed by atoms with van der Waals surface area (Å²) < 4.78 is 0. The third-order valence-corrected chi connectivity index (χ3v) is 3.11. The molecule has 1 unspecified atom stereocenters. The van der Waals surface area contributed by atoms with Crippen LogP contribution < -0.4 is 0 Å². The number of rotatable bonds is 4. The van der Waals surface area contributed by atoms with Gasteiger partial charge in [0.25, 0.3) is 0 Å². The monoisotopic (exact) mass is 233 g/mol. The Morgan fingerprint density at radius 1 is 1.58 bits per heavy atom. The van der Waals surface area contributed by atoms with E-state index in [1.807, 2.05) is 4.90 Å². The number of hydrogen-bond acceptors (Lipinski definition) is 1. The molecule has 70 valence electrons. The number of unbranched alkanes of at least 4 members (excludes halogenated alkanes) is 2. The minimum absolute atomic E-state index is 0.0964. The second kappa shape index (κ2) is 4.85. The standard InChI is InChI=1S/C9H16BrNO/c1-2-3-4-6-11-7-5-8(10)9(11)12/h8H,2-7H2,1H3. The zero-order valence-electron chi connectivity index (χ0n) is 7.55. The normalized spacial score (nSPS) is 23.7. The third kappa shape index (κ3) is 2.47. The first kappa shape index (κ1) is 10.0. The van der Waals surface area contributed by atoms with Crippen molar-refractivity contribution in [2.24, 2.45) is 0 Å². The molecule has 0 aromatic rings. The zero-order valence-corrected chi connectivity index (χ0v) is 9.14. The molecular formula is C9H16BrNO. The number of carbonyl (C=O) groups is 1. The van der Waals surface area contributed by atoms with Crippen LogP contribution >= 0.6 is 15.9 Å². The van der Waals surface area contributed by atoms with E-state index in [0.29, 0.717) is 0 Å². The van der Waals surface area contributed by atoms with Gasteiger partial charge < -0.3 is 4.90 Å². The highest BCUT2D eigenvalue weighted by atomic mass is 79.9. The van der Waals surface area contributed by atoms with Crippen LogP contribution in [0.3, 0.4) is 0 Å². The number of halogens is 1. The molecule has 1 heterocycles. The van der Waals surface area contributed by atoms with Gasteiger partial charge in [0.15, 0.2) is 0 Å². The summed E-state index contributed by atoms with van der Waals surface area (Å²) in [5, 5.41) is 0. The second-order valence-corrected chi connectivity index (χ2v) is 4.39. The van der Waals surface area contributed by atoms with Crippen LogP contribution in [0, 0.1) is 0 Å². The Morgan fingerprint density at radius 3 is 2.83 bits per heavy atom. The highest BCUT2D eigenvalue weighted by molar-refractivity contribution is 9.10. The lowest BCUT2D eigenvalue weighted by molar-refractivity contribution is -0.127. The molecule has 0 aromatic carbocycles. The molecule has 0 N–H and O–H groups in total. The van der Waals surface area contributed by atoms with Crippen LogP contribution in [-0.4, -0.2) is 28.7 Å². The molecule has 0 aromatic heterocycles. The first-order chi connectivity index (χ1) is 5.75. The van der Waals surface area contributed by atoms with Crippen molar-refractivity contribution >= 4 is 21.8 Å².